The highest BCUT2D eigenvalue weighted by Crippen LogP contribution is 2.42. The van der Waals surface area contributed by atoms with Crippen LogP contribution in [0.1, 0.15) is 28.3 Å². The van der Waals surface area contributed by atoms with Crippen molar-refractivity contribution in [2.24, 2.45) is 0 Å². The van der Waals surface area contributed by atoms with E-state index in [9.17, 15) is 19.8 Å². The fourth-order valence-electron chi connectivity index (χ4n) is 3.81. The number of hydrogen-bond acceptors (Lipinski definition) is 6. The maximum Gasteiger partial charge on any atom is 0.295 e. The second-order valence-corrected chi connectivity index (χ2v) is 7.59. The zero-order valence-electron chi connectivity index (χ0n) is 17.6. The molecule has 1 saturated heterocycles. The third kappa shape index (κ3) is 3.80. The highest BCUT2D eigenvalue weighted by atomic mass is 16.5. The number of carbonyl (C=O) groups excluding carboxylic acids is 2. The van der Waals surface area contributed by atoms with Gasteiger partial charge in [-0.25, -0.2) is 0 Å². The number of aromatic nitrogens is 1. The third-order valence-electron chi connectivity index (χ3n) is 5.46. The summed E-state index contributed by atoms with van der Waals surface area (Å²) in [5, 5.41) is 21.1. The minimum Gasteiger partial charge on any atom is -0.507 e. The molecule has 4 rings (SSSR count). The standard InChI is InChI=1S/C25H22N2O5/c1-15-5-7-17(8-6-15)23(29)21-22(18-9-10-19(28)20(12-18)32-2)27(25(31)24(21)30)14-16-4-3-11-26-13-16/h3-13,22,28-29H,14H2,1-2H3/b23-21+. The van der Waals surface area contributed by atoms with Crippen LogP contribution in [0.3, 0.4) is 0 Å². The number of carbonyl (C=O) groups is 2. The summed E-state index contributed by atoms with van der Waals surface area (Å²) in [5.41, 5.74) is 2.68. The van der Waals surface area contributed by atoms with E-state index in [4.69, 9.17) is 4.74 Å². The molecule has 0 saturated carbocycles. The molecule has 162 valence electrons. The van der Waals surface area contributed by atoms with E-state index in [2.05, 4.69) is 4.98 Å². The number of ketones is 1. The number of aliphatic hydroxyl groups excluding tert-OH is 1. The zero-order chi connectivity index (χ0) is 22.8. The van der Waals surface area contributed by atoms with Gasteiger partial charge in [-0.3, -0.25) is 14.6 Å². The van der Waals surface area contributed by atoms with Gasteiger partial charge in [-0.05, 0) is 36.2 Å². The zero-order valence-corrected chi connectivity index (χ0v) is 17.6. The lowest BCUT2D eigenvalue weighted by Crippen LogP contribution is -2.29. The van der Waals surface area contributed by atoms with Crippen molar-refractivity contribution in [2.75, 3.05) is 7.11 Å². The van der Waals surface area contributed by atoms with E-state index in [1.807, 2.05) is 19.1 Å². The molecule has 1 fully saturated rings. The predicted octanol–water partition coefficient (Wildman–Crippen LogP) is 3.73. The first-order chi connectivity index (χ1) is 15.4. The van der Waals surface area contributed by atoms with E-state index in [0.717, 1.165) is 11.1 Å². The number of ether oxygens (including phenoxy) is 1. The molecule has 2 aromatic carbocycles. The topological polar surface area (TPSA) is 100.0 Å². The maximum atomic E-state index is 13.1. The Bertz CT molecular complexity index is 1200. The molecule has 0 bridgehead atoms. The third-order valence-corrected chi connectivity index (χ3v) is 5.46. The molecule has 1 aliphatic heterocycles. The minimum absolute atomic E-state index is 0.0181. The molecular formula is C25H22N2O5. The Balaban J connectivity index is 1.89. The summed E-state index contributed by atoms with van der Waals surface area (Å²) in [4.78, 5) is 31.6. The first-order valence-corrected chi connectivity index (χ1v) is 10.0. The van der Waals surface area contributed by atoms with Crippen LogP contribution in [0.25, 0.3) is 5.76 Å². The summed E-state index contributed by atoms with van der Waals surface area (Å²) in [6.45, 7) is 2.04. The van der Waals surface area contributed by atoms with Crippen molar-refractivity contribution in [2.45, 2.75) is 19.5 Å². The van der Waals surface area contributed by atoms with Gasteiger partial charge in [0, 0.05) is 24.5 Å². The second kappa shape index (κ2) is 8.55. The Morgan fingerprint density at radius 3 is 2.53 bits per heavy atom. The van der Waals surface area contributed by atoms with Crippen LogP contribution in [-0.2, 0) is 16.1 Å². The number of aryl methyl sites for hydroxylation is 1. The molecule has 3 aromatic rings. The first-order valence-electron chi connectivity index (χ1n) is 10.0. The smallest absolute Gasteiger partial charge is 0.295 e. The van der Waals surface area contributed by atoms with Crippen LogP contribution in [0, 0.1) is 6.92 Å². The molecule has 1 aliphatic rings. The lowest BCUT2D eigenvalue weighted by molar-refractivity contribution is -0.140. The minimum atomic E-state index is -0.869. The SMILES string of the molecule is COc1cc(C2/C(=C(\O)c3ccc(C)cc3)C(=O)C(=O)N2Cc2cccnc2)ccc1O. The van der Waals surface area contributed by atoms with Crippen LogP contribution in [0.5, 0.6) is 11.5 Å². The van der Waals surface area contributed by atoms with Crippen molar-refractivity contribution >= 4 is 17.4 Å². The van der Waals surface area contributed by atoms with Crippen LogP contribution < -0.4 is 4.74 Å². The van der Waals surface area contributed by atoms with E-state index >= 15 is 0 Å². The van der Waals surface area contributed by atoms with Gasteiger partial charge < -0.3 is 19.8 Å². The summed E-state index contributed by atoms with van der Waals surface area (Å²) in [6, 6.07) is 14.3. The average molecular weight is 430 g/mol. The number of phenolic OH excluding ortho intramolecular Hbond substituents is 1. The number of Topliss-reactive ketones (excluding diaryl/α,β-unsaturated/α-hetero) is 1. The molecule has 1 amide bonds. The number of pyridine rings is 1. The van der Waals surface area contributed by atoms with Gasteiger partial charge in [0.15, 0.2) is 11.5 Å². The number of methoxy groups -OCH3 is 1. The Kier molecular flexibility index (Phi) is 5.64. The van der Waals surface area contributed by atoms with Gasteiger partial charge in [-0.15, -0.1) is 0 Å². The van der Waals surface area contributed by atoms with Gasteiger partial charge >= 0.3 is 0 Å². The summed E-state index contributed by atoms with van der Waals surface area (Å²) < 4.78 is 5.22. The number of aromatic hydroxyl groups is 1. The summed E-state index contributed by atoms with van der Waals surface area (Å²) in [6.07, 6.45) is 3.24. The molecule has 1 atom stereocenters. The van der Waals surface area contributed by atoms with E-state index < -0.39 is 17.7 Å². The van der Waals surface area contributed by atoms with Crippen molar-refractivity contribution in [1.82, 2.24) is 9.88 Å². The number of hydrogen-bond donors (Lipinski definition) is 2. The lowest BCUT2D eigenvalue weighted by atomic mass is 9.94. The van der Waals surface area contributed by atoms with Gasteiger partial charge in [0.2, 0.25) is 0 Å². The molecule has 1 unspecified atom stereocenters. The first kappa shape index (κ1) is 21.1. The number of likely N-dealkylation sites (tertiary alicyclic amines) is 1. The quantitative estimate of drug-likeness (QED) is 0.364. The van der Waals surface area contributed by atoms with E-state index in [0.29, 0.717) is 11.1 Å². The van der Waals surface area contributed by atoms with Crippen molar-refractivity contribution < 1.29 is 24.5 Å². The van der Waals surface area contributed by atoms with Crippen LogP contribution >= 0.6 is 0 Å². The monoisotopic (exact) mass is 430 g/mol. The molecule has 2 N–H and O–H groups in total. The fraction of sp³-hybridized carbons (Fsp3) is 0.160. The van der Waals surface area contributed by atoms with Gasteiger partial charge in [-0.1, -0.05) is 42.0 Å². The molecule has 0 spiro atoms. The average Bonchev–Trinajstić information content (AvgIpc) is 3.05. The summed E-state index contributed by atoms with van der Waals surface area (Å²) >= 11 is 0. The maximum absolute atomic E-state index is 13.1. The van der Waals surface area contributed by atoms with Crippen LogP contribution in [0.15, 0.2) is 72.6 Å². The molecular weight excluding hydrogens is 408 g/mol. The Morgan fingerprint density at radius 1 is 1.12 bits per heavy atom. The number of phenols is 1. The molecule has 0 aliphatic carbocycles. The van der Waals surface area contributed by atoms with Gasteiger partial charge in [0.1, 0.15) is 5.76 Å². The lowest BCUT2D eigenvalue weighted by Gasteiger charge is -2.25. The Morgan fingerprint density at radius 2 is 1.88 bits per heavy atom. The predicted molar refractivity (Wildman–Crippen MR) is 118 cm³/mol. The highest BCUT2D eigenvalue weighted by Gasteiger charge is 2.46. The molecule has 7 heteroatoms. The van der Waals surface area contributed by atoms with E-state index in [-0.39, 0.29) is 29.4 Å². The van der Waals surface area contributed by atoms with Crippen LogP contribution in [0.2, 0.25) is 0 Å². The van der Waals surface area contributed by atoms with Crippen LogP contribution in [0.4, 0.5) is 0 Å². The molecule has 7 nitrogen and oxygen atoms in total. The van der Waals surface area contributed by atoms with E-state index in [1.165, 1.54) is 18.1 Å². The molecule has 2 heterocycles. The van der Waals surface area contributed by atoms with Crippen molar-refractivity contribution in [3.05, 3.63) is 94.8 Å². The van der Waals surface area contributed by atoms with Crippen molar-refractivity contribution in [1.29, 1.82) is 0 Å². The highest BCUT2D eigenvalue weighted by molar-refractivity contribution is 6.46. The largest absolute Gasteiger partial charge is 0.507 e. The molecule has 1 aromatic heterocycles. The van der Waals surface area contributed by atoms with Crippen LogP contribution in [-0.4, -0.2) is 38.9 Å². The fourth-order valence-corrected chi connectivity index (χ4v) is 3.81. The number of rotatable bonds is 5. The molecule has 0 radical (unpaired) electrons. The van der Waals surface area contributed by atoms with Crippen molar-refractivity contribution in [3.63, 3.8) is 0 Å². The summed E-state index contributed by atoms with van der Waals surface area (Å²) in [5.74, 6) is -1.62. The van der Waals surface area contributed by atoms with Gasteiger partial charge in [0.25, 0.3) is 11.7 Å². The van der Waals surface area contributed by atoms with Gasteiger partial charge in [-0.2, -0.15) is 0 Å². The molecule has 32 heavy (non-hydrogen) atoms. The summed E-state index contributed by atoms with van der Waals surface area (Å²) in [7, 11) is 1.41. The number of aliphatic hydroxyl groups is 1. The van der Waals surface area contributed by atoms with E-state index in [1.54, 1.807) is 48.8 Å². The Hall–Kier alpha value is -4.13. The second-order valence-electron chi connectivity index (χ2n) is 7.59. The van der Waals surface area contributed by atoms with Crippen molar-refractivity contribution in [3.8, 4) is 11.5 Å². The normalized spacial score (nSPS) is 17.6. The van der Waals surface area contributed by atoms with Gasteiger partial charge in [0.05, 0.1) is 18.7 Å². The number of amides is 1. The number of nitrogens with zero attached hydrogens (tertiary/aromatic N) is 2. The number of benzene rings is 2. The Labute approximate surface area is 185 Å².